The molecule has 3 aromatic carbocycles. The predicted octanol–water partition coefficient (Wildman–Crippen LogP) is 4.25. The Labute approximate surface area is 238 Å². The van der Waals surface area contributed by atoms with Crippen LogP contribution < -0.4 is 20.1 Å². The van der Waals surface area contributed by atoms with Crippen LogP contribution in [0.2, 0.25) is 0 Å². The van der Waals surface area contributed by atoms with E-state index in [2.05, 4.69) is 68.7 Å². The number of carbonyl (C=O) groups is 3. The van der Waals surface area contributed by atoms with Crippen LogP contribution >= 0.6 is 0 Å². The third kappa shape index (κ3) is 3.68. The monoisotopic (exact) mass is 548 g/mol. The van der Waals surface area contributed by atoms with Crippen molar-refractivity contribution in [3.05, 3.63) is 81.9 Å². The second-order valence-electron chi connectivity index (χ2n) is 12.3. The van der Waals surface area contributed by atoms with Crippen molar-refractivity contribution in [2.75, 3.05) is 11.4 Å². The molecule has 4 aliphatic rings. The molecule has 2 amide bonds. The molecule has 0 aliphatic carbocycles. The van der Waals surface area contributed by atoms with Gasteiger partial charge in [-0.1, -0.05) is 62.9 Å². The van der Waals surface area contributed by atoms with Gasteiger partial charge in [0.15, 0.2) is 0 Å². The Morgan fingerprint density at radius 1 is 1.10 bits per heavy atom. The van der Waals surface area contributed by atoms with Gasteiger partial charge in [-0.15, -0.1) is 5.06 Å². The summed E-state index contributed by atoms with van der Waals surface area (Å²) < 4.78 is 6.58. The summed E-state index contributed by atoms with van der Waals surface area (Å²) in [5, 5.41) is 4.81. The highest BCUT2D eigenvalue weighted by Crippen LogP contribution is 2.62. The van der Waals surface area contributed by atoms with Crippen LogP contribution in [0, 0.1) is 5.41 Å². The quantitative estimate of drug-likeness (QED) is 0.454. The van der Waals surface area contributed by atoms with E-state index < -0.39 is 28.6 Å². The average Bonchev–Trinajstić information content (AvgIpc) is 3.41. The van der Waals surface area contributed by atoms with E-state index in [-0.39, 0.29) is 25.4 Å². The summed E-state index contributed by atoms with van der Waals surface area (Å²) in [5.74, 6) is -0.719. The molecule has 7 rings (SSSR count). The van der Waals surface area contributed by atoms with E-state index in [4.69, 9.17) is 9.57 Å². The van der Waals surface area contributed by atoms with E-state index in [1.54, 1.807) is 0 Å². The van der Waals surface area contributed by atoms with Crippen LogP contribution in [0.25, 0.3) is 23.4 Å². The molecule has 7 heteroatoms. The first kappa shape index (κ1) is 25.6. The van der Waals surface area contributed by atoms with E-state index in [0.29, 0.717) is 5.06 Å². The van der Waals surface area contributed by atoms with Crippen molar-refractivity contribution in [2.45, 2.75) is 58.0 Å². The fourth-order valence-corrected chi connectivity index (χ4v) is 7.14. The van der Waals surface area contributed by atoms with Crippen LogP contribution in [0.3, 0.4) is 0 Å². The maximum Gasteiger partial charge on any atom is 0.333 e. The van der Waals surface area contributed by atoms with Gasteiger partial charge in [0.2, 0.25) is 0 Å². The Kier molecular flexibility index (Phi) is 5.49. The number of fused-ring (bicyclic) bond motifs is 7. The summed E-state index contributed by atoms with van der Waals surface area (Å²) >= 11 is 0. The van der Waals surface area contributed by atoms with Crippen molar-refractivity contribution in [3.8, 4) is 5.75 Å². The minimum absolute atomic E-state index is 0.000810. The van der Waals surface area contributed by atoms with Crippen molar-refractivity contribution in [3.63, 3.8) is 0 Å². The number of anilines is 1. The molecule has 1 saturated heterocycles. The summed E-state index contributed by atoms with van der Waals surface area (Å²) in [7, 11) is 0. The van der Waals surface area contributed by atoms with E-state index in [9.17, 15) is 14.4 Å². The second kappa shape index (κ2) is 8.80. The zero-order valence-electron chi connectivity index (χ0n) is 23.5. The fourth-order valence-electron chi connectivity index (χ4n) is 7.14. The molecule has 0 saturated carbocycles. The Bertz CT molecular complexity index is 1810. The second-order valence-corrected chi connectivity index (χ2v) is 12.3. The number of hydrogen-bond donors (Lipinski definition) is 0. The fraction of sp³-hybridized carbons (Fsp3) is 0.324. The number of benzene rings is 3. The zero-order valence-corrected chi connectivity index (χ0v) is 23.5. The Morgan fingerprint density at radius 2 is 1.85 bits per heavy atom. The Hall–Kier alpha value is -4.39. The van der Waals surface area contributed by atoms with Gasteiger partial charge in [0.25, 0.3) is 11.8 Å². The number of carbonyl (C=O) groups excluding carboxylic acids is 3. The van der Waals surface area contributed by atoms with Gasteiger partial charge in [-0.05, 0) is 52.1 Å². The molecule has 4 heterocycles. The van der Waals surface area contributed by atoms with Crippen molar-refractivity contribution in [2.24, 2.45) is 5.41 Å². The maximum atomic E-state index is 13.4. The van der Waals surface area contributed by atoms with E-state index >= 15 is 0 Å². The average molecular weight is 549 g/mol. The van der Waals surface area contributed by atoms with Crippen LogP contribution in [0.15, 0.2) is 65.9 Å². The van der Waals surface area contributed by atoms with Gasteiger partial charge in [0.1, 0.15) is 11.9 Å². The first-order valence-corrected chi connectivity index (χ1v) is 14.2. The van der Waals surface area contributed by atoms with Crippen LogP contribution in [-0.2, 0) is 24.6 Å². The number of ether oxygens (including phenoxy) is 1. The smallest absolute Gasteiger partial charge is 0.333 e. The Morgan fingerprint density at radius 3 is 2.63 bits per heavy atom. The minimum atomic E-state index is -0.681. The van der Waals surface area contributed by atoms with Gasteiger partial charge < -0.3 is 14.5 Å². The van der Waals surface area contributed by atoms with Gasteiger partial charge in [-0.2, -0.15) is 0 Å². The van der Waals surface area contributed by atoms with Crippen molar-refractivity contribution >= 4 is 46.9 Å². The number of nitrogens with zero attached hydrogens (tertiary/aromatic N) is 2. The molecule has 0 spiro atoms. The van der Waals surface area contributed by atoms with Crippen LogP contribution in [0.5, 0.6) is 5.75 Å². The first-order chi connectivity index (χ1) is 19.6. The van der Waals surface area contributed by atoms with Crippen molar-refractivity contribution in [1.82, 2.24) is 5.06 Å². The lowest BCUT2D eigenvalue weighted by Gasteiger charge is -2.47. The number of amides is 2. The number of hydrogen-bond acceptors (Lipinski definition) is 6. The molecule has 0 bridgehead atoms. The number of rotatable bonds is 4. The summed E-state index contributed by atoms with van der Waals surface area (Å²) in [6.45, 7) is 11.2. The summed E-state index contributed by atoms with van der Waals surface area (Å²) in [6, 6.07) is 18.7. The highest BCUT2D eigenvalue weighted by molar-refractivity contribution is 6.01. The minimum Gasteiger partial charge on any atom is -0.485 e. The maximum absolute atomic E-state index is 13.4. The summed E-state index contributed by atoms with van der Waals surface area (Å²) in [6.07, 6.45) is 3.05. The van der Waals surface area contributed by atoms with Gasteiger partial charge in [-0.3, -0.25) is 9.59 Å². The van der Waals surface area contributed by atoms with E-state index in [1.807, 2.05) is 24.3 Å². The number of imide groups is 1. The van der Waals surface area contributed by atoms with Crippen LogP contribution in [0.4, 0.5) is 5.69 Å². The van der Waals surface area contributed by atoms with E-state index in [0.717, 1.165) is 62.4 Å². The highest BCUT2D eigenvalue weighted by atomic mass is 16.7. The van der Waals surface area contributed by atoms with Crippen molar-refractivity contribution in [1.29, 1.82) is 0 Å². The first-order valence-electron chi connectivity index (χ1n) is 14.2. The lowest BCUT2D eigenvalue weighted by Crippen LogP contribution is -2.48. The molecule has 4 aliphatic heterocycles. The van der Waals surface area contributed by atoms with Crippen LogP contribution in [-0.4, -0.2) is 35.5 Å². The number of hydroxylamine groups is 2. The normalized spacial score (nSPS) is 23.0. The zero-order chi connectivity index (χ0) is 28.7. The third-order valence-electron chi connectivity index (χ3n) is 9.47. The van der Waals surface area contributed by atoms with Gasteiger partial charge in [0.05, 0.1) is 6.42 Å². The van der Waals surface area contributed by atoms with Crippen LogP contribution in [0.1, 0.15) is 52.0 Å². The molecule has 0 aromatic heterocycles. The molecule has 0 N–H and O–H groups in total. The molecule has 41 heavy (non-hydrogen) atoms. The molecular weight excluding hydrogens is 516 g/mol. The molecule has 3 aromatic rings. The standard InChI is InChI=1S/C34H32N2O5/c1-20-9-10-22-18-24-26(40-27(22)17-20)15-16-35-25-12-11-21-7-5-6-8-23(21)31(25)34(4,32(24)35)33(2,3)19-30(39)41-36-28(37)13-14-29(36)38/h5-12,17-18,26H,1,13-16,19H2,2-4H3. The molecule has 7 nitrogen and oxygen atoms in total. The predicted molar refractivity (Wildman–Crippen MR) is 156 cm³/mol. The van der Waals surface area contributed by atoms with Crippen molar-refractivity contribution < 1.29 is 24.0 Å². The van der Waals surface area contributed by atoms with Gasteiger partial charge in [0, 0.05) is 53.4 Å². The highest BCUT2D eigenvalue weighted by Gasteiger charge is 2.57. The SMILES string of the molecule is C=c1ccc2c(c1)OC1CCN3C(=C1C=2)C(C)(C(C)(C)CC(=O)ON1C(=O)CCC1=O)c1c3ccc2ccccc12. The summed E-state index contributed by atoms with van der Waals surface area (Å²) in [5.41, 5.74) is 3.20. The molecule has 0 radical (unpaired) electrons. The molecule has 208 valence electrons. The largest absolute Gasteiger partial charge is 0.485 e. The van der Waals surface area contributed by atoms with E-state index in [1.165, 1.54) is 0 Å². The van der Waals surface area contributed by atoms with Gasteiger partial charge >= 0.3 is 5.97 Å². The molecule has 2 atom stereocenters. The topological polar surface area (TPSA) is 76.2 Å². The number of allylic oxidation sites excluding steroid dienone is 1. The lowest BCUT2D eigenvalue weighted by molar-refractivity contribution is -0.199. The Balaban J connectivity index is 1.43. The van der Waals surface area contributed by atoms with Gasteiger partial charge in [-0.25, -0.2) is 4.79 Å². The summed E-state index contributed by atoms with van der Waals surface area (Å²) in [4.78, 5) is 45.5. The molecule has 1 fully saturated rings. The third-order valence-corrected chi connectivity index (χ3v) is 9.47. The molecule has 2 unspecified atom stereocenters. The lowest BCUT2D eigenvalue weighted by atomic mass is 9.59. The molecular formula is C34H32N2O5.